The summed E-state index contributed by atoms with van der Waals surface area (Å²) in [4.78, 5) is 38.0. The molecule has 1 atom stereocenters. The third-order valence-electron chi connectivity index (χ3n) is 12.5. The van der Waals surface area contributed by atoms with Crippen LogP contribution in [0.3, 0.4) is 0 Å². The zero-order chi connectivity index (χ0) is 44.5. The number of ether oxygens (including phenoxy) is 3. The Bertz CT molecular complexity index is 918. The van der Waals surface area contributed by atoms with Crippen LogP contribution in [0.4, 0.5) is 0 Å². The van der Waals surface area contributed by atoms with E-state index in [1.807, 2.05) is 0 Å². The van der Waals surface area contributed by atoms with E-state index in [9.17, 15) is 14.4 Å². The van der Waals surface area contributed by atoms with Crippen LogP contribution >= 0.6 is 0 Å². The molecule has 0 bridgehead atoms. The summed E-state index contributed by atoms with van der Waals surface area (Å²) < 4.78 is 16.8. The van der Waals surface area contributed by atoms with Gasteiger partial charge in [0.15, 0.2) is 6.10 Å². The second kappa shape index (κ2) is 49.4. The Hall–Kier alpha value is -1.59. The van der Waals surface area contributed by atoms with Crippen molar-refractivity contribution in [3.63, 3.8) is 0 Å². The smallest absolute Gasteiger partial charge is 0.306 e. The van der Waals surface area contributed by atoms with Crippen LogP contribution < -0.4 is 0 Å². The van der Waals surface area contributed by atoms with E-state index in [2.05, 4.69) is 27.7 Å². The Kier molecular flexibility index (Phi) is 48.1. The topological polar surface area (TPSA) is 78.9 Å². The molecule has 0 saturated carbocycles. The fraction of sp³-hybridized carbons (Fsp3) is 0.945. The molecule has 0 radical (unpaired) electrons. The molecule has 6 nitrogen and oxygen atoms in total. The maximum absolute atomic E-state index is 12.8. The molecular formula is C55H106O6. The van der Waals surface area contributed by atoms with Crippen LogP contribution in [0.2, 0.25) is 0 Å². The molecule has 0 aromatic carbocycles. The SMILES string of the molecule is CCCCCCCCCCCCCCC(=O)OC[C@H](COC(=O)CCCCCCCCCCCCCCCCCCC(C)C)OC(=O)CCCCCCCCCCCCCC. The normalized spacial score (nSPS) is 12.0. The first-order chi connectivity index (χ1) is 29.9. The molecule has 0 N–H and O–H groups in total. The van der Waals surface area contributed by atoms with Crippen LogP contribution in [0, 0.1) is 5.92 Å². The lowest BCUT2D eigenvalue weighted by Gasteiger charge is -2.18. The van der Waals surface area contributed by atoms with Crippen LogP contribution in [0.1, 0.15) is 310 Å². The first-order valence-electron chi connectivity index (χ1n) is 27.4. The van der Waals surface area contributed by atoms with E-state index < -0.39 is 6.10 Å². The van der Waals surface area contributed by atoms with Crippen molar-refractivity contribution in [1.82, 2.24) is 0 Å². The summed E-state index contributed by atoms with van der Waals surface area (Å²) in [6.07, 6.45) is 52.3. The van der Waals surface area contributed by atoms with Crippen molar-refractivity contribution in [1.29, 1.82) is 0 Å². The summed E-state index contributed by atoms with van der Waals surface area (Å²) >= 11 is 0. The average Bonchev–Trinajstić information content (AvgIpc) is 3.24. The lowest BCUT2D eigenvalue weighted by atomic mass is 10.0. The minimum atomic E-state index is -0.760. The molecule has 61 heavy (non-hydrogen) atoms. The molecule has 0 aliphatic carbocycles. The fourth-order valence-electron chi connectivity index (χ4n) is 8.39. The number of carbonyl (C=O) groups is 3. The van der Waals surface area contributed by atoms with Gasteiger partial charge in [-0.15, -0.1) is 0 Å². The summed E-state index contributed by atoms with van der Waals surface area (Å²) in [5.74, 6) is 0.0128. The predicted octanol–water partition coefficient (Wildman–Crippen LogP) is 17.8. The van der Waals surface area contributed by atoms with Gasteiger partial charge in [0.2, 0.25) is 0 Å². The minimum absolute atomic E-state index is 0.0622. The Balaban J connectivity index is 4.24. The third kappa shape index (κ3) is 49.3. The van der Waals surface area contributed by atoms with Gasteiger partial charge in [0, 0.05) is 19.3 Å². The van der Waals surface area contributed by atoms with Gasteiger partial charge in [0.05, 0.1) is 0 Å². The Labute approximate surface area is 380 Å². The molecule has 0 saturated heterocycles. The van der Waals surface area contributed by atoms with E-state index in [0.717, 1.165) is 63.7 Å². The lowest BCUT2D eigenvalue weighted by molar-refractivity contribution is -0.167. The predicted molar refractivity (Wildman–Crippen MR) is 261 cm³/mol. The van der Waals surface area contributed by atoms with Crippen molar-refractivity contribution in [3.8, 4) is 0 Å². The molecule has 0 amide bonds. The third-order valence-corrected chi connectivity index (χ3v) is 12.5. The van der Waals surface area contributed by atoms with Gasteiger partial charge in [-0.05, 0) is 25.2 Å². The Morgan fingerprint density at radius 2 is 0.541 bits per heavy atom. The van der Waals surface area contributed by atoms with Crippen molar-refractivity contribution in [2.75, 3.05) is 13.2 Å². The monoisotopic (exact) mass is 863 g/mol. The highest BCUT2D eigenvalue weighted by Crippen LogP contribution is 2.17. The quantitative estimate of drug-likeness (QED) is 0.0344. The summed E-state index contributed by atoms with van der Waals surface area (Å²) in [6, 6.07) is 0. The van der Waals surface area contributed by atoms with Crippen molar-refractivity contribution in [2.45, 2.75) is 316 Å². The van der Waals surface area contributed by atoms with E-state index in [0.29, 0.717) is 19.3 Å². The second-order valence-electron chi connectivity index (χ2n) is 19.3. The van der Waals surface area contributed by atoms with Gasteiger partial charge in [-0.2, -0.15) is 0 Å². The Morgan fingerprint density at radius 3 is 0.803 bits per heavy atom. The van der Waals surface area contributed by atoms with Crippen molar-refractivity contribution >= 4 is 17.9 Å². The maximum Gasteiger partial charge on any atom is 0.306 e. The maximum atomic E-state index is 12.8. The van der Waals surface area contributed by atoms with Gasteiger partial charge in [0.1, 0.15) is 13.2 Å². The first kappa shape index (κ1) is 59.4. The second-order valence-corrected chi connectivity index (χ2v) is 19.3. The zero-order valence-electron chi connectivity index (χ0n) is 41.6. The molecule has 0 rings (SSSR count). The molecule has 0 spiro atoms. The molecule has 0 aromatic rings. The zero-order valence-corrected chi connectivity index (χ0v) is 41.6. The molecule has 6 heteroatoms. The van der Waals surface area contributed by atoms with Crippen LogP contribution in [-0.4, -0.2) is 37.2 Å². The molecule has 0 aromatic heterocycles. The van der Waals surface area contributed by atoms with Crippen molar-refractivity contribution in [3.05, 3.63) is 0 Å². The number of rotatable bonds is 50. The number of hydrogen-bond acceptors (Lipinski definition) is 6. The standard InChI is InChI=1S/C55H106O6/c1-5-7-9-11-13-15-17-26-30-34-38-42-46-53(56)59-49-52(61-55(58)48-44-40-36-32-27-18-16-14-12-10-8-6-2)50-60-54(57)47-43-39-35-31-28-24-22-20-19-21-23-25-29-33-37-41-45-51(3)4/h51-52H,5-50H2,1-4H3/t52-/m1/s1. The van der Waals surface area contributed by atoms with E-state index in [1.54, 1.807) is 0 Å². The van der Waals surface area contributed by atoms with E-state index in [-0.39, 0.29) is 31.1 Å². The Morgan fingerprint density at radius 1 is 0.311 bits per heavy atom. The molecule has 0 aliphatic heterocycles. The lowest BCUT2D eigenvalue weighted by Crippen LogP contribution is -2.30. The van der Waals surface area contributed by atoms with Crippen LogP contribution in [0.5, 0.6) is 0 Å². The summed E-state index contributed by atoms with van der Waals surface area (Å²) in [7, 11) is 0. The molecular weight excluding hydrogens is 757 g/mol. The molecule has 362 valence electrons. The first-order valence-corrected chi connectivity index (χ1v) is 27.4. The molecule has 0 fully saturated rings. The van der Waals surface area contributed by atoms with Gasteiger partial charge in [-0.25, -0.2) is 0 Å². The minimum Gasteiger partial charge on any atom is -0.462 e. The number of carbonyl (C=O) groups excluding carboxylic acids is 3. The summed E-state index contributed by atoms with van der Waals surface area (Å²) in [6.45, 7) is 9.05. The largest absolute Gasteiger partial charge is 0.462 e. The molecule has 0 aliphatic rings. The van der Waals surface area contributed by atoms with E-state index in [1.165, 1.54) is 205 Å². The average molecular weight is 863 g/mol. The van der Waals surface area contributed by atoms with Gasteiger partial charge in [0.25, 0.3) is 0 Å². The number of unbranched alkanes of at least 4 members (excludes halogenated alkanes) is 37. The number of hydrogen-bond donors (Lipinski definition) is 0. The summed E-state index contributed by atoms with van der Waals surface area (Å²) in [5, 5.41) is 0. The van der Waals surface area contributed by atoms with Gasteiger partial charge in [-0.3, -0.25) is 14.4 Å². The van der Waals surface area contributed by atoms with E-state index >= 15 is 0 Å². The highest BCUT2D eigenvalue weighted by atomic mass is 16.6. The van der Waals surface area contributed by atoms with Gasteiger partial charge < -0.3 is 14.2 Å². The van der Waals surface area contributed by atoms with Crippen molar-refractivity contribution < 1.29 is 28.6 Å². The molecule has 0 heterocycles. The number of esters is 3. The van der Waals surface area contributed by atoms with Crippen LogP contribution in [0.15, 0.2) is 0 Å². The van der Waals surface area contributed by atoms with E-state index in [4.69, 9.17) is 14.2 Å². The highest BCUT2D eigenvalue weighted by Gasteiger charge is 2.19. The highest BCUT2D eigenvalue weighted by molar-refractivity contribution is 5.71. The summed E-state index contributed by atoms with van der Waals surface area (Å²) in [5.41, 5.74) is 0. The van der Waals surface area contributed by atoms with Gasteiger partial charge >= 0.3 is 17.9 Å². The van der Waals surface area contributed by atoms with Gasteiger partial charge in [-0.1, -0.05) is 272 Å². The van der Waals surface area contributed by atoms with Crippen LogP contribution in [-0.2, 0) is 28.6 Å². The molecule has 0 unspecified atom stereocenters. The fourth-order valence-corrected chi connectivity index (χ4v) is 8.39. The van der Waals surface area contributed by atoms with Crippen molar-refractivity contribution in [2.24, 2.45) is 5.92 Å². The van der Waals surface area contributed by atoms with Crippen LogP contribution in [0.25, 0.3) is 0 Å².